The number of fused-ring (bicyclic) bond motifs is 3. The minimum absolute atomic E-state index is 0.0509. The first-order valence-corrected chi connectivity index (χ1v) is 16.3. The Hall–Kier alpha value is -2.24. The summed E-state index contributed by atoms with van der Waals surface area (Å²) in [5.41, 5.74) is 14.7. The molecule has 0 bridgehead atoms. The third kappa shape index (κ3) is 4.95. The minimum atomic E-state index is -5.42. The van der Waals surface area contributed by atoms with Gasteiger partial charge >= 0.3 is 261 Å². The Morgan fingerprint density at radius 3 is 1.37 bits per heavy atom. The van der Waals surface area contributed by atoms with Gasteiger partial charge in [-0.2, -0.15) is 0 Å². The van der Waals surface area contributed by atoms with Crippen molar-refractivity contribution >= 4 is 54.1 Å². The first kappa shape index (κ1) is 30.2. The van der Waals surface area contributed by atoms with Gasteiger partial charge in [0.05, 0.1) is 0 Å². The Morgan fingerprint density at radius 2 is 1.02 bits per heavy atom. The molecule has 3 aromatic rings. The molecule has 1 spiro atoms. The van der Waals surface area contributed by atoms with Crippen molar-refractivity contribution in [2.24, 2.45) is 4.88 Å². The molecule has 218 valence electrons. The molecule has 0 fully saturated rings. The number of hydrogen-bond donors (Lipinski definition) is 0. The number of rotatable bonds is 1. The first-order valence-electron chi connectivity index (χ1n) is 12.9. The normalized spacial score (nSPS) is 17.5. The third-order valence-corrected chi connectivity index (χ3v) is 11.1. The number of halogens is 4. The van der Waals surface area contributed by atoms with Crippen LogP contribution in [0.25, 0.3) is 10.4 Å². The molecule has 5 rings (SSSR count). The van der Waals surface area contributed by atoms with Crippen molar-refractivity contribution in [3.8, 4) is 23.0 Å². The number of nitrogens with zero attached hydrogens (tertiary/aromatic N) is 3. The van der Waals surface area contributed by atoms with Crippen LogP contribution in [0.1, 0.15) is 74.9 Å². The van der Waals surface area contributed by atoms with Gasteiger partial charge in [-0.05, 0) is 0 Å². The van der Waals surface area contributed by atoms with Crippen LogP contribution in [0.5, 0.6) is 23.0 Å². The molecule has 0 aliphatic carbocycles. The number of aryl methyl sites for hydroxylation is 2. The zero-order chi connectivity index (χ0) is 30.3. The average Bonchev–Trinajstić information content (AvgIpc) is 3.19. The third-order valence-electron chi connectivity index (χ3n) is 6.96. The predicted molar refractivity (Wildman–Crippen MR) is 168 cm³/mol. The van der Waals surface area contributed by atoms with Crippen molar-refractivity contribution in [3.63, 3.8) is 0 Å². The molecular weight excluding hydrogens is 627 g/mol. The molecular formula is C29H30Cl4N3O4P. The van der Waals surface area contributed by atoms with Gasteiger partial charge < -0.3 is 0 Å². The predicted octanol–water partition coefficient (Wildman–Crippen LogP) is 11.8. The van der Waals surface area contributed by atoms with Gasteiger partial charge in [0.1, 0.15) is 0 Å². The Balaban J connectivity index is 1.95. The van der Waals surface area contributed by atoms with Crippen LogP contribution in [0.15, 0.2) is 29.2 Å². The fraction of sp³-hybridized carbons (Fsp3) is 0.379. The molecule has 2 aliphatic heterocycles. The van der Waals surface area contributed by atoms with Gasteiger partial charge in [-0.3, -0.25) is 0 Å². The van der Waals surface area contributed by atoms with Crippen molar-refractivity contribution in [1.29, 1.82) is 0 Å². The maximum atomic E-state index is 10.0. The molecule has 0 saturated heterocycles. The van der Waals surface area contributed by atoms with Crippen molar-refractivity contribution in [1.82, 2.24) is 0 Å². The van der Waals surface area contributed by atoms with Crippen molar-refractivity contribution in [3.05, 3.63) is 88.2 Å². The van der Waals surface area contributed by atoms with E-state index < -0.39 is 7.66 Å². The Labute approximate surface area is 259 Å². The zero-order valence-electron chi connectivity index (χ0n) is 24.0. The van der Waals surface area contributed by atoms with E-state index >= 15 is 0 Å². The standard InChI is InChI=1S/C29H30Cl4N3O4P/c1-14-9-16-13-17-10-15(2)12-19(29(6,7)8)25(17)38-41(36-35-34,37-24(16)18(11-14)28(3,4)5)39-26-22(32)20(30)21(31)23(33)27(26)40-41/h9-12H,13H2,1-8H3. The summed E-state index contributed by atoms with van der Waals surface area (Å²) in [6, 6.07) is 8.13. The van der Waals surface area contributed by atoms with Crippen LogP contribution >= 0.6 is 54.1 Å². The number of hydrogen-bond acceptors (Lipinski definition) is 5. The Kier molecular flexibility index (Phi) is 7.11. The quantitative estimate of drug-likeness (QED) is 0.0651. The second-order valence-electron chi connectivity index (χ2n) is 12.5. The van der Waals surface area contributed by atoms with E-state index in [1.54, 1.807) is 0 Å². The second-order valence-corrected chi connectivity index (χ2v) is 16.5. The zero-order valence-corrected chi connectivity index (χ0v) is 27.9. The SMILES string of the molecule is Cc1cc2c(c(C(C)(C)C)c1)OP1(N=[N+]=[N-])(Oc3c(cc(C)cc3C(C)(C)C)C2)Oc2c(Cl)c(Cl)c(Cl)c(Cl)c2O1. The van der Waals surface area contributed by atoms with E-state index in [-0.39, 0.29) is 42.4 Å². The fourth-order valence-corrected chi connectivity index (χ4v) is 8.61. The van der Waals surface area contributed by atoms with Gasteiger partial charge in [-0.25, -0.2) is 0 Å². The van der Waals surface area contributed by atoms with Gasteiger partial charge in [-0.1, -0.05) is 0 Å². The Bertz CT molecular complexity index is 1580. The summed E-state index contributed by atoms with van der Waals surface area (Å²) < 4.78 is 26.5. The maximum absolute atomic E-state index is 10.0. The van der Waals surface area contributed by atoms with Crippen LogP contribution in [-0.2, 0) is 17.3 Å². The topological polar surface area (TPSA) is 85.7 Å². The Morgan fingerprint density at radius 1 is 0.659 bits per heavy atom. The van der Waals surface area contributed by atoms with Gasteiger partial charge in [0, 0.05) is 0 Å². The van der Waals surface area contributed by atoms with Crippen LogP contribution in [0.2, 0.25) is 20.1 Å². The number of benzene rings is 3. The molecule has 2 aliphatic rings. The van der Waals surface area contributed by atoms with E-state index in [0.29, 0.717) is 17.9 Å². The molecule has 0 radical (unpaired) electrons. The van der Waals surface area contributed by atoms with E-state index in [1.165, 1.54) is 0 Å². The van der Waals surface area contributed by atoms with Crippen LogP contribution < -0.4 is 18.1 Å². The van der Waals surface area contributed by atoms with E-state index in [1.807, 2.05) is 38.1 Å². The molecule has 0 atom stereocenters. The molecule has 0 unspecified atom stereocenters. The molecule has 0 amide bonds. The van der Waals surface area contributed by atoms with E-state index in [9.17, 15) is 5.53 Å². The van der Waals surface area contributed by atoms with Crippen LogP contribution in [0.4, 0.5) is 0 Å². The summed E-state index contributed by atoms with van der Waals surface area (Å²) in [6.07, 6.45) is 0.481. The van der Waals surface area contributed by atoms with E-state index in [2.05, 4.69) is 51.3 Å². The monoisotopic (exact) mass is 655 g/mol. The summed E-state index contributed by atoms with van der Waals surface area (Å²) in [6.45, 7) is 16.4. The van der Waals surface area contributed by atoms with Crippen LogP contribution in [0, 0.1) is 13.8 Å². The van der Waals surface area contributed by atoms with Gasteiger partial charge in [-0.15, -0.1) is 0 Å². The summed E-state index contributed by atoms with van der Waals surface area (Å²) in [5, 5.41) is -0.268. The van der Waals surface area contributed by atoms with Crippen molar-refractivity contribution in [2.75, 3.05) is 0 Å². The van der Waals surface area contributed by atoms with Gasteiger partial charge in [0.15, 0.2) is 0 Å². The molecule has 0 N–H and O–H groups in total. The summed E-state index contributed by atoms with van der Waals surface area (Å²) in [7, 11) is -5.42. The van der Waals surface area contributed by atoms with Crippen LogP contribution in [-0.4, -0.2) is 0 Å². The fourth-order valence-electron chi connectivity index (χ4n) is 5.11. The van der Waals surface area contributed by atoms with E-state index in [0.717, 1.165) is 33.4 Å². The molecule has 41 heavy (non-hydrogen) atoms. The molecule has 0 aromatic heterocycles. The van der Waals surface area contributed by atoms with Gasteiger partial charge in [0.25, 0.3) is 0 Å². The molecule has 12 heteroatoms. The molecule has 2 heterocycles. The van der Waals surface area contributed by atoms with Gasteiger partial charge in [0.2, 0.25) is 0 Å². The molecule has 7 nitrogen and oxygen atoms in total. The van der Waals surface area contributed by atoms with E-state index in [4.69, 9.17) is 64.5 Å². The summed E-state index contributed by atoms with van der Waals surface area (Å²) in [5.74, 6) is 0.673. The number of azide groups is 1. The molecule has 0 saturated carbocycles. The average molecular weight is 657 g/mol. The molecule has 3 aromatic carbocycles. The summed E-state index contributed by atoms with van der Waals surface area (Å²) >= 11 is 26.0. The summed E-state index contributed by atoms with van der Waals surface area (Å²) in [4.78, 5) is 7.25. The van der Waals surface area contributed by atoms with Crippen molar-refractivity contribution < 1.29 is 18.1 Å². The van der Waals surface area contributed by atoms with Crippen molar-refractivity contribution in [2.45, 2.75) is 72.6 Å². The first-order chi connectivity index (χ1) is 18.9. The van der Waals surface area contributed by atoms with Crippen LogP contribution in [0.3, 0.4) is 0 Å². The second kappa shape index (κ2) is 9.64.